The number of aliphatic hydroxyl groups is 1. The van der Waals surface area contributed by atoms with Crippen molar-refractivity contribution in [1.82, 2.24) is 36.4 Å². The van der Waals surface area contributed by atoms with Crippen molar-refractivity contribution in [3.8, 4) is 5.75 Å². The number of nitrogens with zero attached hydrogens (tertiary/aromatic N) is 4. The molecule has 3 rings (SSSR count). The van der Waals surface area contributed by atoms with E-state index in [1.54, 1.807) is 0 Å². The largest absolute Gasteiger partial charge is 0.508 e. The molecule has 0 saturated carbocycles. The number of amides is 8. The number of aliphatic imine (C=N–C) groups is 2. The Morgan fingerprint density at radius 3 is 1.62 bits per heavy atom. The van der Waals surface area contributed by atoms with Crippen molar-refractivity contribution in [2.24, 2.45) is 68.1 Å². The molecule has 20 N–H and O–H groups in total. The van der Waals surface area contributed by atoms with Crippen molar-refractivity contribution in [2.45, 2.75) is 192 Å². The molecule has 89 heavy (non-hydrogen) atoms. The van der Waals surface area contributed by atoms with Crippen LogP contribution in [0.25, 0.3) is 0 Å². The molecular weight excluding hydrogens is 1160 g/mol. The number of aromatic hydroxyl groups is 1. The number of carboxylic acid groups (broad SMARTS) is 1. The molecule has 2 saturated heterocycles. The lowest BCUT2D eigenvalue weighted by Crippen LogP contribution is -2.57. The van der Waals surface area contributed by atoms with E-state index >= 15 is 0 Å². The van der Waals surface area contributed by atoms with Gasteiger partial charge in [0.15, 0.2) is 29.3 Å². The topological polar surface area (TPSA) is 513 Å². The van der Waals surface area contributed by atoms with Crippen LogP contribution in [-0.2, 0) is 64.0 Å². The third kappa shape index (κ3) is 25.8. The first kappa shape index (κ1) is 75.0. The highest BCUT2D eigenvalue weighted by atomic mass is 16.4. The van der Waals surface area contributed by atoms with Crippen LogP contribution in [0.5, 0.6) is 5.75 Å². The second kappa shape index (κ2) is 37.5. The lowest BCUT2D eigenvalue weighted by Gasteiger charge is -2.31. The Kier molecular flexibility index (Phi) is 31.6. The second-order valence-corrected chi connectivity index (χ2v) is 23.5. The van der Waals surface area contributed by atoms with E-state index in [9.17, 15) is 72.9 Å². The van der Waals surface area contributed by atoms with Crippen LogP contribution in [0.3, 0.4) is 0 Å². The van der Waals surface area contributed by atoms with Gasteiger partial charge in [0.2, 0.25) is 47.3 Å². The predicted molar refractivity (Wildman–Crippen MR) is 327 cm³/mol. The summed E-state index contributed by atoms with van der Waals surface area (Å²) < 4.78 is 0. The Morgan fingerprint density at radius 2 is 1.10 bits per heavy atom. The van der Waals surface area contributed by atoms with E-state index in [0.717, 1.165) is 0 Å². The molecule has 0 aromatic heterocycles. The summed E-state index contributed by atoms with van der Waals surface area (Å²) in [6.45, 7) is 8.41. The molecule has 496 valence electrons. The number of nitrogens with two attached hydrogens (primary N) is 6. The minimum absolute atomic E-state index is 0.0106. The number of primary amides is 1. The number of phenolic OH excluding ortho intramolecular Hbond substituents is 1. The number of carbonyl (C=O) groups is 12. The molecule has 2 heterocycles. The van der Waals surface area contributed by atoms with Crippen LogP contribution in [0.15, 0.2) is 34.3 Å². The first-order valence-corrected chi connectivity index (χ1v) is 30.4. The number of rotatable bonds is 40. The second-order valence-electron chi connectivity index (χ2n) is 23.5. The van der Waals surface area contributed by atoms with E-state index < -0.39 is 157 Å². The number of phenols is 1. The fraction of sp³-hybridized carbons (Fsp3) is 0.661. The number of nitrogens with one attached hydrogen (secondary N) is 5. The summed E-state index contributed by atoms with van der Waals surface area (Å²) in [6.07, 6.45) is -1.61. The number of unbranched alkanes of at least 4 members (excludes halogenated alkanes) is 1. The third-order valence-electron chi connectivity index (χ3n) is 15.7. The van der Waals surface area contributed by atoms with Crippen molar-refractivity contribution >= 4 is 82.5 Å². The number of aliphatic hydroxyl groups excluding tert-OH is 1. The van der Waals surface area contributed by atoms with Crippen LogP contribution in [0.2, 0.25) is 0 Å². The van der Waals surface area contributed by atoms with E-state index in [1.165, 1.54) is 54.8 Å². The van der Waals surface area contributed by atoms with Crippen LogP contribution < -0.4 is 61.0 Å². The van der Waals surface area contributed by atoms with E-state index in [2.05, 4.69) is 36.6 Å². The predicted octanol–water partition coefficient (Wildman–Crippen LogP) is -2.27. The number of aliphatic carboxylic acids is 1. The van der Waals surface area contributed by atoms with Crippen LogP contribution >= 0.6 is 0 Å². The molecule has 0 unspecified atom stereocenters. The Morgan fingerprint density at radius 1 is 0.596 bits per heavy atom. The molecule has 0 spiro atoms. The summed E-state index contributed by atoms with van der Waals surface area (Å²) >= 11 is 0. The molecule has 0 bridgehead atoms. The molecule has 30 heteroatoms. The molecule has 8 amide bonds. The van der Waals surface area contributed by atoms with Gasteiger partial charge in [-0.05, 0) is 121 Å². The van der Waals surface area contributed by atoms with E-state index in [0.29, 0.717) is 37.8 Å². The van der Waals surface area contributed by atoms with Crippen molar-refractivity contribution in [1.29, 1.82) is 0 Å². The molecule has 11 atom stereocenters. The molecule has 2 aliphatic rings. The summed E-state index contributed by atoms with van der Waals surface area (Å²) in [6, 6.07) is -2.86. The number of hydrogen-bond acceptors (Lipinski definition) is 17. The van der Waals surface area contributed by atoms with Gasteiger partial charge in [0, 0.05) is 64.2 Å². The lowest BCUT2D eigenvalue weighted by atomic mass is 9.88. The molecule has 0 aliphatic carbocycles. The van der Waals surface area contributed by atoms with Crippen molar-refractivity contribution in [3.05, 3.63) is 29.8 Å². The van der Waals surface area contributed by atoms with Gasteiger partial charge in [-0.25, -0.2) is 0 Å². The van der Waals surface area contributed by atoms with Crippen LogP contribution in [-0.4, -0.2) is 189 Å². The van der Waals surface area contributed by atoms with Gasteiger partial charge in [-0.2, -0.15) is 0 Å². The smallest absolute Gasteiger partial charge is 0.305 e. The van der Waals surface area contributed by atoms with Crippen LogP contribution in [0.1, 0.15) is 143 Å². The average Bonchev–Trinajstić information content (AvgIpc) is 2.17. The molecule has 30 nitrogen and oxygen atoms in total. The zero-order valence-electron chi connectivity index (χ0n) is 51.8. The number of carbonyl (C=O) groups excluding carboxylic acids is 11. The monoisotopic (exact) mass is 1250 g/mol. The molecule has 1 aromatic rings. The number of likely N-dealkylation sites (tertiary alicyclic amines) is 2. The highest BCUT2D eigenvalue weighted by Gasteiger charge is 2.42. The highest BCUT2D eigenvalue weighted by Crippen LogP contribution is 2.25. The molecule has 2 fully saturated rings. The maximum absolute atomic E-state index is 14.5. The third-order valence-corrected chi connectivity index (χ3v) is 15.7. The number of ketones is 3. The molecule has 2 aliphatic heterocycles. The lowest BCUT2D eigenvalue weighted by molar-refractivity contribution is -0.143. The van der Waals surface area contributed by atoms with Crippen LogP contribution in [0.4, 0.5) is 0 Å². The Balaban J connectivity index is 1.85. The Labute approximate surface area is 518 Å². The number of benzene rings is 1. The average molecular weight is 1250 g/mol. The van der Waals surface area contributed by atoms with Gasteiger partial charge in [0.05, 0.1) is 36.6 Å². The highest BCUT2D eigenvalue weighted by molar-refractivity contribution is 6.00. The Bertz CT molecular complexity index is 2680. The molecule has 0 radical (unpaired) electrons. The zero-order valence-corrected chi connectivity index (χ0v) is 51.8. The summed E-state index contributed by atoms with van der Waals surface area (Å²) in [5.74, 6) is -13.9. The van der Waals surface area contributed by atoms with Gasteiger partial charge in [0.25, 0.3) is 0 Å². The van der Waals surface area contributed by atoms with Crippen molar-refractivity contribution in [2.75, 3.05) is 32.7 Å². The van der Waals surface area contributed by atoms with E-state index in [-0.39, 0.29) is 113 Å². The SMILES string of the molecule is CC(=O)N1CCC[C@H]1C(=O)N[C@@H](CCCN=C(N)N)C(=O)N1CCC[C@H]1C(=O)N[C@@H](C)C(=O)C[C@H](C(=O)N[C@@H](CC(=O)O)C(=O)C[C@@H](CCCCN)C(=O)N[C@@H](Cc1ccc(O)cc1)C(=O)C[C@@H](CCCN=C(N)N)C(=O)N[C@@H](CC(C)C)C(N)=O)[C@@H](C)O. The standard InChI is InChI=1S/C59H95N15O15/c1-32(2)26-44(51(61)83)72-53(85)38(13-8-22-66-58(62)63)29-48(79)42(27-36-17-19-39(77)20-18-36)70-52(84)37(12-6-7-21-60)28-49(80)43(31-50(81)82)71-54(86)40(34(4)75)30-47(78)33(3)68-55(87)46-16-11-25-74(46)57(89)41(14-9-23-67-59(64)65)69-56(88)45-15-10-24-73(45)35(5)76/h17-20,32-34,37-38,40-46,75,77H,6-16,21-31,60H2,1-5H3,(H2,61,83)(H,68,87)(H,69,88)(H,70,84)(H,71,86)(H,72,85)(H,81,82)(H4,62,63,66)(H4,64,65,67)/t33-,34+,37+,38+,40-,41-,42-,43-,44-,45-,46-/m0/s1. The normalized spacial score (nSPS) is 17.7. The maximum atomic E-state index is 14.5. The first-order valence-electron chi connectivity index (χ1n) is 30.4. The van der Waals surface area contributed by atoms with E-state index in [4.69, 9.17) is 34.4 Å². The first-order chi connectivity index (χ1) is 41.9. The fourth-order valence-corrected chi connectivity index (χ4v) is 10.8. The quantitative estimate of drug-likeness (QED) is 0.0187. The van der Waals surface area contributed by atoms with Gasteiger partial charge in [0.1, 0.15) is 29.9 Å². The van der Waals surface area contributed by atoms with Gasteiger partial charge in [-0.15, -0.1) is 0 Å². The van der Waals surface area contributed by atoms with Crippen LogP contribution in [0, 0.1) is 23.7 Å². The van der Waals surface area contributed by atoms with Crippen molar-refractivity contribution < 1.29 is 72.9 Å². The summed E-state index contributed by atoms with van der Waals surface area (Å²) in [4.78, 5) is 174. The Hall–Kier alpha value is -8.28. The zero-order chi connectivity index (χ0) is 66.7. The number of guanidine groups is 2. The minimum atomic E-state index is -1.82. The fourth-order valence-electron chi connectivity index (χ4n) is 10.8. The van der Waals surface area contributed by atoms with Gasteiger partial charge < -0.3 is 86.1 Å². The molecule has 1 aromatic carbocycles. The maximum Gasteiger partial charge on any atom is 0.305 e. The van der Waals surface area contributed by atoms with E-state index in [1.807, 2.05) is 13.8 Å². The van der Waals surface area contributed by atoms with Gasteiger partial charge in [-0.3, -0.25) is 67.5 Å². The number of Topliss-reactive ketones (excluding diaryl/α,β-unsaturated/α-hetero) is 3. The summed E-state index contributed by atoms with van der Waals surface area (Å²) in [5, 5.41) is 44.0. The number of hydrogen-bond donors (Lipinski definition) is 14. The summed E-state index contributed by atoms with van der Waals surface area (Å²) in [5.41, 5.74) is 33.8. The van der Waals surface area contributed by atoms with Gasteiger partial charge in [-0.1, -0.05) is 32.4 Å². The molecular formula is C59H95N15O15. The number of carboxylic acids is 1. The summed E-state index contributed by atoms with van der Waals surface area (Å²) in [7, 11) is 0. The minimum Gasteiger partial charge on any atom is -0.508 e. The van der Waals surface area contributed by atoms with Crippen molar-refractivity contribution in [3.63, 3.8) is 0 Å². The van der Waals surface area contributed by atoms with Gasteiger partial charge >= 0.3 is 5.97 Å².